The number of aromatic nitrogens is 2. The molecule has 8 heteroatoms. The number of rotatable bonds is 3. The summed E-state index contributed by atoms with van der Waals surface area (Å²) in [5, 5.41) is 18.0. The number of nitrogen functional groups attached to an aromatic ring is 1. The van der Waals surface area contributed by atoms with Crippen LogP contribution in [0.2, 0.25) is 0 Å². The van der Waals surface area contributed by atoms with E-state index in [0.29, 0.717) is 0 Å². The Hall–Kier alpha value is -1.09. The Bertz CT molecular complexity index is 460. The Kier molecular flexibility index (Phi) is 3.38. The van der Waals surface area contributed by atoms with Crippen LogP contribution in [0.4, 0.5) is 5.82 Å². The molecule has 1 aromatic rings. The molecule has 0 radical (unpaired) electrons. The second-order valence-corrected chi connectivity index (χ2v) is 5.18. The lowest BCUT2D eigenvalue weighted by molar-refractivity contribution is -0.0330. The fourth-order valence-corrected chi connectivity index (χ4v) is 2.73. The minimum atomic E-state index is -1.05. The third kappa shape index (κ3) is 2.29. The number of nitrogens with two attached hydrogens (primary N) is 1. The van der Waals surface area contributed by atoms with Gasteiger partial charge in [-0.2, -0.15) is 4.98 Å². The summed E-state index contributed by atoms with van der Waals surface area (Å²) in [4.78, 5) is 14.2. The Balaban J connectivity index is 2.23. The van der Waals surface area contributed by atoms with Crippen LogP contribution >= 0.6 is 11.8 Å². The summed E-state index contributed by atoms with van der Waals surface area (Å²) in [7, 11) is 0. The molecular formula is C9H13N3O4S. The van der Waals surface area contributed by atoms with Gasteiger partial charge in [0.15, 0.2) is 4.93 Å². The first kappa shape index (κ1) is 12.4. The van der Waals surface area contributed by atoms with E-state index in [1.54, 1.807) is 0 Å². The molecule has 1 saturated heterocycles. The van der Waals surface area contributed by atoms with Gasteiger partial charge in [0.25, 0.3) is 0 Å². The molecule has 7 nitrogen and oxygen atoms in total. The molecule has 0 unspecified atom stereocenters. The van der Waals surface area contributed by atoms with E-state index in [2.05, 4.69) is 4.98 Å². The second-order valence-electron chi connectivity index (χ2n) is 3.65. The van der Waals surface area contributed by atoms with Crippen LogP contribution in [0.25, 0.3) is 0 Å². The number of ether oxygens (including phenoxy) is 1. The van der Waals surface area contributed by atoms with Crippen molar-refractivity contribution in [2.45, 2.75) is 10.3 Å². The molecule has 0 aromatic carbocycles. The Morgan fingerprint density at radius 3 is 2.88 bits per heavy atom. The molecule has 0 bridgehead atoms. The maximum atomic E-state index is 11.6. The second kappa shape index (κ2) is 4.65. The SMILES string of the molecule is Nc1ccn([C@H]2COC(CO)(CO)S2)c(=O)n1. The first-order valence-electron chi connectivity index (χ1n) is 4.98. The molecule has 1 aromatic heterocycles. The molecule has 17 heavy (non-hydrogen) atoms. The van der Waals surface area contributed by atoms with Gasteiger partial charge in [-0.3, -0.25) is 4.57 Å². The van der Waals surface area contributed by atoms with Gasteiger partial charge in [-0.05, 0) is 6.07 Å². The van der Waals surface area contributed by atoms with Crippen molar-refractivity contribution in [2.24, 2.45) is 0 Å². The summed E-state index contributed by atoms with van der Waals surface area (Å²) < 4.78 is 6.70. The molecule has 2 heterocycles. The molecule has 1 aliphatic heterocycles. The number of aliphatic hydroxyl groups excluding tert-OH is 2. The Labute approximate surface area is 101 Å². The number of anilines is 1. The monoisotopic (exact) mass is 259 g/mol. The standard InChI is InChI=1S/C9H13N3O4S/c10-6-1-2-12(8(15)11-6)7-3-16-9(4-13,5-14)17-7/h1-2,7,13-14H,3-5H2,(H2,10,11,15)/t7-/m1/s1. The van der Waals surface area contributed by atoms with E-state index in [4.69, 9.17) is 20.7 Å². The molecule has 2 rings (SSSR count). The van der Waals surface area contributed by atoms with E-state index in [0.717, 1.165) is 0 Å². The summed E-state index contributed by atoms with van der Waals surface area (Å²) in [5.74, 6) is 0.158. The van der Waals surface area contributed by atoms with Crippen molar-refractivity contribution in [1.29, 1.82) is 0 Å². The van der Waals surface area contributed by atoms with Crippen molar-refractivity contribution in [3.63, 3.8) is 0 Å². The highest BCUT2D eigenvalue weighted by molar-refractivity contribution is 8.00. The van der Waals surface area contributed by atoms with Crippen LogP contribution in [-0.4, -0.2) is 44.5 Å². The normalized spacial score (nSPS) is 22.8. The van der Waals surface area contributed by atoms with Gasteiger partial charge in [-0.1, -0.05) is 11.8 Å². The van der Waals surface area contributed by atoms with Gasteiger partial charge in [-0.15, -0.1) is 0 Å². The zero-order chi connectivity index (χ0) is 12.5. The van der Waals surface area contributed by atoms with Crippen LogP contribution < -0.4 is 11.4 Å². The van der Waals surface area contributed by atoms with E-state index < -0.39 is 10.6 Å². The molecule has 0 amide bonds. The molecule has 1 aliphatic rings. The fraction of sp³-hybridized carbons (Fsp3) is 0.556. The van der Waals surface area contributed by atoms with E-state index >= 15 is 0 Å². The molecule has 0 saturated carbocycles. The minimum absolute atomic E-state index is 0.158. The molecule has 1 fully saturated rings. The van der Waals surface area contributed by atoms with Gasteiger partial charge in [0, 0.05) is 6.20 Å². The first-order valence-corrected chi connectivity index (χ1v) is 5.86. The van der Waals surface area contributed by atoms with E-state index in [9.17, 15) is 4.79 Å². The topological polar surface area (TPSA) is 111 Å². The zero-order valence-electron chi connectivity index (χ0n) is 8.94. The van der Waals surface area contributed by atoms with E-state index in [1.807, 2.05) is 0 Å². The number of nitrogens with zero attached hydrogens (tertiary/aromatic N) is 2. The first-order chi connectivity index (χ1) is 8.10. The van der Waals surface area contributed by atoms with Gasteiger partial charge < -0.3 is 20.7 Å². The van der Waals surface area contributed by atoms with E-state index in [1.165, 1.54) is 28.6 Å². The number of thioether (sulfide) groups is 1. The molecule has 0 spiro atoms. The highest BCUT2D eigenvalue weighted by atomic mass is 32.2. The minimum Gasteiger partial charge on any atom is -0.392 e. The van der Waals surface area contributed by atoms with Crippen LogP contribution in [0.5, 0.6) is 0 Å². The van der Waals surface area contributed by atoms with Crippen molar-refractivity contribution < 1.29 is 14.9 Å². The van der Waals surface area contributed by atoms with Gasteiger partial charge in [0.1, 0.15) is 11.2 Å². The third-order valence-electron chi connectivity index (χ3n) is 2.48. The Morgan fingerprint density at radius 2 is 2.35 bits per heavy atom. The number of hydrogen-bond acceptors (Lipinski definition) is 7. The van der Waals surface area contributed by atoms with Crippen LogP contribution in [0.1, 0.15) is 5.37 Å². The van der Waals surface area contributed by atoms with Crippen LogP contribution in [0, 0.1) is 0 Å². The van der Waals surface area contributed by atoms with Gasteiger partial charge in [0.2, 0.25) is 0 Å². The van der Waals surface area contributed by atoms with E-state index in [-0.39, 0.29) is 31.0 Å². The molecule has 0 aliphatic carbocycles. The summed E-state index contributed by atoms with van der Waals surface area (Å²) in [5.41, 5.74) is 4.92. The molecule has 4 N–H and O–H groups in total. The lowest BCUT2D eigenvalue weighted by Gasteiger charge is -2.21. The summed E-state index contributed by atoms with van der Waals surface area (Å²) in [6, 6.07) is 1.51. The van der Waals surface area contributed by atoms with Crippen molar-refractivity contribution in [1.82, 2.24) is 9.55 Å². The van der Waals surface area contributed by atoms with Crippen molar-refractivity contribution in [3.05, 3.63) is 22.7 Å². The smallest absolute Gasteiger partial charge is 0.350 e. The average molecular weight is 259 g/mol. The largest absolute Gasteiger partial charge is 0.392 e. The van der Waals surface area contributed by atoms with Crippen LogP contribution in [-0.2, 0) is 4.74 Å². The average Bonchev–Trinajstić information content (AvgIpc) is 2.74. The number of hydrogen-bond donors (Lipinski definition) is 3. The lowest BCUT2D eigenvalue weighted by atomic mass is 10.4. The highest BCUT2D eigenvalue weighted by Crippen LogP contribution is 2.42. The van der Waals surface area contributed by atoms with Crippen molar-refractivity contribution in [2.75, 3.05) is 25.6 Å². The lowest BCUT2D eigenvalue weighted by Crippen LogP contribution is -2.33. The maximum Gasteiger partial charge on any atom is 0.350 e. The summed E-state index contributed by atoms with van der Waals surface area (Å²) >= 11 is 1.19. The quantitative estimate of drug-likeness (QED) is 0.623. The fourth-order valence-electron chi connectivity index (χ4n) is 1.54. The maximum absolute atomic E-state index is 11.6. The predicted molar refractivity (Wildman–Crippen MR) is 62.4 cm³/mol. The van der Waals surface area contributed by atoms with Crippen LogP contribution in [0.3, 0.4) is 0 Å². The van der Waals surface area contributed by atoms with Crippen LogP contribution in [0.15, 0.2) is 17.1 Å². The number of aliphatic hydroxyl groups is 2. The summed E-state index contributed by atoms with van der Waals surface area (Å²) in [6.07, 6.45) is 1.52. The third-order valence-corrected chi connectivity index (χ3v) is 3.92. The van der Waals surface area contributed by atoms with Crippen molar-refractivity contribution in [3.8, 4) is 0 Å². The molecule has 1 atom stereocenters. The molecular weight excluding hydrogens is 246 g/mol. The van der Waals surface area contributed by atoms with Gasteiger partial charge >= 0.3 is 5.69 Å². The van der Waals surface area contributed by atoms with Gasteiger partial charge in [0.05, 0.1) is 19.8 Å². The van der Waals surface area contributed by atoms with Gasteiger partial charge in [-0.25, -0.2) is 4.79 Å². The zero-order valence-corrected chi connectivity index (χ0v) is 9.76. The predicted octanol–water partition coefficient (Wildman–Crippen LogP) is -1.23. The van der Waals surface area contributed by atoms with Crippen molar-refractivity contribution >= 4 is 17.6 Å². The summed E-state index contributed by atoms with van der Waals surface area (Å²) in [6.45, 7) is -0.416. The highest BCUT2D eigenvalue weighted by Gasteiger charge is 2.41. The Morgan fingerprint density at radius 1 is 1.65 bits per heavy atom. The molecule has 94 valence electrons.